The van der Waals surface area contributed by atoms with Gasteiger partial charge in [-0.3, -0.25) is 0 Å². The van der Waals surface area contributed by atoms with Crippen molar-refractivity contribution in [3.05, 3.63) is 30.1 Å². The van der Waals surface area contributed by atoms with Crippen molar-refractivity contribution in [3.63, 3.8) is 0 Å². The van der Waals surface area contributed by atoms with Gasteiger partial charge in [-0.2, -0.15) is 0 Å². The molecule has 0 aliphatic carbocycles. The van der Waals surface area contributed by atoms with E-state index < -0.39 is 0 Å². The van der Waals surface area contributed by atoms with Crippen LogP contribution in [-0.2, 0) is 0 Å². The van der Waals surface area contributed by atoms with E-state index in [1.54, 1.807) is 6.33 Å². The first-order chi connectivity index (χ1) is 5.77. The van der Waals surface area contributed by atoms with Crippen LogP contribution in [0.1, 0.15) is 5.56 Å². The summed E-state index contributed by atoms with van der Waals surface area (Å²) in [5.74, 6) is 0. The Bertz CT molecular complexity index is 433. The topological polar surface area (TPSA) is 54.7 Å². The van der Waals surface area contributed by atoms with E-state index in [1.807, 2.05) is 18.2 Å². The van der Waals surface area contributed by atoms with E-state index >= 15 is 0 Å². The fourth-order valence-electron chi connectivity index (χ4n) is 1.09. The molecule has 0 fully saturated rings. The number of benzene rings is 1. The Morgan fingerprint density at radius 2 is 2.33 bits per heavy atom. The van der Waals surface area contributed by atoms with Crippen molar-refractivity contribution in [1.29, 1.82) is 0 Å². The Labute approximate surface area is 74.6 Å². The number of thiocarbonyl (C=S) groups is 1. The predicted molar refractivity (Wildman–Crippen MR) is 52.0 cm³/mol. The van der Waals surface area contributed by atoms with Crippen LogP contribution >= 0.6 is 12.2 Å². The van der Waals surface area contributed by atoms with Crippen LogP contribution in [0.15, 0.2) is 24.5 Å². The standard InChI is InChI=1S/C8H7N3S/c9-8(12)5-1-2-6-7(3-5)11-4-10-6/h1-4H,(H2,9,12)(H,10,11). The Morgan fingerprint density at radius 3 is 3.08 bits per heavy atom. The number of imidazole rings is 1. The van der Waals surface area contributed by atoms with Gasteiger partial charge in [-0.05, 0) is 18.2 Å². The van der Waals surface area contributed by atoms with E-state index in [4.69, 9.17) is 18.0 Å². The zero-order valence-corrected chi connectivity index (χ0v) is 7.06. The number of H-pyrrole nitrogens is 1. The van der Waals surface area contributed by atoms with Crippen molar-refractivity contribution in [3.8, 4) is 0 Å². The lowest BCUT2D eigenvalue weighted by Gasteiger charge is -1.95. The number of aromatic amines is 1. The number of nitrogens with two attached hydrogens (primary N) is 1. The van der Waals surface area contributed by atoms with Gasteiger partial charge in [0.1, 0.15) is 4.99 Å². The molecule has 0 saturated heterocycles. The number of fused-ring (bicyclic) bond motifs is 1. The SMILES string of the molecule is NC(=S)c1ccc2nc[nH]c2c1. The van der Waals surface area contributed by atoms with E-state index in [-0.39, 0.29) is 0 Å². The predicted octanol–water partition coefficient (Wildman–Crippen LogP) is 1.20. The zero-order valence-electron chi connectivity index (χ0n) is 6.24. The summed E-state index contributed by atoms with van der Waals surface area (Å²) < 4.78 is 0. The normalized spacial score (nSPS) is 10.3. The van der Waals surface area contributed by atoms with Gasteiger partial charge in [0.05, 0.1) is 17.4 Å². The van der Waals surface area contributed by atoms with Crippen molar-refractivity contribution in [2.24, 2.45) is 5.73 Å². The molecule has 0 amide bonds. The molecule has 3 N–H and O–H groups in total. The molecule has 0 saturated carbocycles. The maximum atomic E-state index is 5.47. The van der Waals surface area contributed by atoms with Crippen molar-refractivity contribution in [1.82, 2.24) is 9.97 Å². The smallest absolute Gasteiger partial charge is 0.104 e. The van der Waals surface area contributed by atoms with Crippen molar-refractivity contribution < 1.29 is 0 Å². The van der Waals surface area contributed by atoms with Gasteiger partial charge in [0.15, 0.2) is 0 Å². The summed E-state index contributed by atoms with van der Waals surface area (Å²) in [4.78, 5) is 7.48. The first kappa shape index (κ1) is 7.24. The van der Waals surface area contributed by atoms with Gasteiger partial charge in [-0.25, -0.2) is 4.98 Å². The molecule has 1 aromatic carbocycles. The van der Waals surface area contributed by atoms with Crippen LogP contribution in [0.25, 0.3) is 11.0 Å². The first-order valence-electron chi connectivity index (χ1n) is 3.50. The minimum Gasteiger partial charge on any atom is -0.389 e. The second-order valence-electron chi connectivity index (χ2n) is 2.50. The van der Waals surface area contributed by atoms with E-state index in [9.17, 15) is 0 Å². The largest absolute Gasteiger partial charge is 0.389 e. The minimum atomic E-state index is 0.409. The molecular formula is C8H7N3S. The van der Waals surface area contributed by atoms with Crippen LogP contribution < -0.4 is 5.73 Å². The number of hydrogen-bond acceptors (Lipinski definition) is 2. The molecule has 0 bridgehead atoms. The van der Waals surface area contributed by atoms with Crippen LogP contribution in [0.2, 0.25) is 0 Å². The Kier molecular flexibility index (Phi) is 1.55. The Morgan fingerprint density at radius 1 is 1.50 bits per heavy atom. The van der Waals surface area contributed by atoms with Gasteiger partial charge in [0, 0.05) is 5.56 Å². The lowest BCUT2D eigenvalue weighted by molar-refractivity contribution is 1.34. The van der Waals surface area contributed by atoms with Gasteiger partial charge >= 0.3 is 0 Å². The fraction of sp³-hybridized carbons (Fsp3) is 0. The maximum absolute atomic E-state index is 5.47. The molecular weight excluding hydrogens is 170 g/mol. The average Bonchev–Trinajstić information content (AvgIpc) is 2.49. The second kappa shape index (κ2) is 2.57. The lowest BCUT2D eigenvalue weighted by atomic mass is 10.2. The lowest BCUT2D eigenvalue weighted by Crippen LogP contribution is -2.08. The van der Waals surface area contributed by atoms with Gasteiger partial charge in [-0.1, -0.05) is 12.2 Å². The second-order valence-corrected chi connectivity index (χ2v) is 2.94. The number of aromatic nitrogens is 2. The third kappa shape index (κ3) is 1.06. The van der Waals surface area contributed by atoms with E-state index in [0.29, 0.717) is 4.99 Å². The van der Waals surface area contributed by atoms with E-state index in [0.717, 1.165) is 16.6 Å². The highest BCUT2D eigenvalue weighted by Gasteiger charge is 1.99. The van der Waals surface area contributed by atoms with Gasteiger partial charge in [0.2, 0.25) is 0 Å². The van der Waals surface area contributed by atoms with Gasteiger partial charge in [-0.15, -0.1) is 0 Å². The summed E-state index contributed by atoms with van der Waals surface area (Å²) in [6.45, 7) is 0. The highest BCUT2D eigenvalue weighted by molar-refractivity contribution is 7.80. The minimum absolute atomic E-state index is 0.409. The third-order valence-electron chi connectivity index (χ3n) is 1.70. The molecule has 60 valence electrons. The number of nitrogens with one attached hydrogen (secondary N) is 1. The monoisotopic (exact) mass is 177 g/mol. The van der Waals surface area contributed by atoms with Crippen LogP contribution in [0, 0.1) is 0 Å². The number of hydrogen-bond donors (Lipinski definition) is 2. The molecule has 0 radical (unpaired) electrons. The summed E-state index contributed by atoms with van der Waals surface area (Å²) >= 11 is 4.84. The summed E-state index contributed by atoms with van der Waals surface area (Å²) in [5.41, 5.74) is 8.22. The summed E-state index contributed by atoms with van der Waals surface area (Å²) in [7, 11) is 0. The maximum Gasteiger partial charge on any atom is 0.104 e. The van der Waals surface area contributed by atoms with E-state index in [1.165, 1.54) is 0 Å². The highest BCUT2D eigenvalue weighted by Crippen LogP contribution is 2.10. The third-order valence-corrected chi connectivity index (χ3v) is 1.94. The molecule has 4 heteroatoms. The fourth-order valence-corrected chi connectivity index (χ4v) is 1.22. The quantitative estimate of drug-likeness (QED) is 0.643. The molecule has 1 aromatic heterocycles. The van der Waals surface area contributed by atoms with E-state index in [2.05, 4.69) is 9.97 Å². The molecule has 3 nitrogen and oxygen atoms in total. The zero-order chi connectivity index (χ0) is 8.55. The average molecular weight is 177 g/mol. The molecule has 12 heavy (non-hydrogen) atoms. The summed E-state index contributed by atoms with van der Waals surface area (Å²) in [6.07, 6.45) is 1.65. The van der Waals surface area contributed by atoms with Gasteiger partial charge < -0.3 is 10.7 Å². The molecule has 1 heterocycles. The first-order valence-corrected chi connectivity index (χ1v) is 3.91. The Hall–Kier alpha value is -1.42. The number of rotatable bonds is 1. The molecule has 0 aliphatic rings. The summed E-state index contributed by atoms with van der Waals surface area (Å²) in [5, 5.41) is 0. The van der Waals surface area contributed by atoms with Crippen molar-refractivity contribution in [2.75, 3.05) is 0 Å². The van der Waals surface area contributed by atoms with Gasteiger partial charge in [0.25, 0.3) is 0 Å². The summed E-state index contributed by atoms with van der Waals surface area (Å²) in [6, 6.07) is 5.65. The van der Waals surface area contributed by atoms with Crippen LogP contribution in [0.4, 0.5) is 0 Å². The molecule has 0 spiro atoms. The molecule has 2 aromatic rings. The van der Waals surface area contributed by atoms with Crippen molar-refractivity contribution in [2.45, 2.75) is 0 Å². The van der Waals surface area contributed by atoms with Crippen LogP contribution in [-0.4, -0.2) is 15.0 Å². The van der Waals surface area contributed by atoms with Crippen molar-refractivity contribution >= 4 is 28.2 Å². The molecule has 2 rings (SSSR count). The Balaban J connectivity index is 2.68. The van der Waals surface area contributed by atoms with Crippen LogP contribution in [0.5, 0.6) is 0 Å². The number of nitrogens with zero attached hydrogens (tertiary/aromatic N) is 1. The molecule has 0 unspecified atom stereocenters. The highest BCUT2D eigenvalue weighted by atomic mass is 32.1. The van der Waals surface area contributed by atoms with Crippen LogP contribution in [0.3, 0.4) is 0 Å². The molecule has 0 aliphatic heterocycles. The molecule has 0 atom stereocenters.